The molecule has 0 aliphatic heterocycles. The van der Waals surface area contributed by atoms with Gasteiger partial charge in [-0.2, -0.15) is 11.8 Å². The van der Waals surface area contributed by atoms with Gasteiger partial charge in [0.25, 0.3) is 0 Å². The summed E-state index contributed by atoms with van der Waals surface area (Å²) in [5.41, 5.74) is 3.96. The van der Waals surface area contributed by atoms with Gasteiger partial charge in [0.1, 0.15) is 0 Å². The Hall–Kier alpha value is -0.620. The lowest BCUT2D eigenvalue weighted by atomic mass is 10.2. The minimum Gasteiger partial charge on any atom is -0.271 e. The van der Waals surface area contributed by atoms with E-state index in [0.29, 0.717) is 6.04 Å². The number of thioether (sulfide) groups is 1. The zero-order valence-electron chi connectivity index (χ0n) is 9.85. The molecule has 17 heavy (non-hydrogen) atoms. The number of thiazole rings is 1. The molecule has 2 aromatic rings. The first-order chi connectivity index (χ1) is 8.33. The van der Waals surface area contributed by atoms with Gasteiger partial charge in [-0.3, -0.25) is 11.3 Å². The maximum absolute atomic E-state index is 5.57. The van der Waals surface area contributed by atoms with Gasteiger partial charge in [-0.25, -0.2) is 4.98 Å². The molecular formula is C12H17N3S2. The molecule has 1 unspecified atom stereocenters. The van der Waals surface area contributed by atoms with Crippen LogP contribution in [0, 0.1) is 0 Å². The maximum atomic E-state index is 5.57. The molecule has 1 aromatic heterocycles. The van der Waals surface area contributed by atoms with Gasteiger partial charge in [0.2, 0.25) is 0 Å². The Morgan fingerprint density at radius 2 is 2.29 bits per heavy atom. The summed E-state index contributed by atoms with van der Waals surface area (Å²) in [5, 5.41) is 1.16. The molecule has 0 aliphatic carbocycles. The van der Waals surface area contributed by atoms with Crippen molar-refractivity contribution in [1.29, 1.82) is 0 Å². The fourth-order valence-corrected chi connectivity index (χ4v) is 3.43. The number of nitrogens with one attached hydrogen (secondary N) is 1. The first-order valence-electron chi connectivity index (χ1n) is 5.71. The number of rotatable bonds is 6. The highest BCUT2D eigenvalue weighted by atomic mass is 32.2. The van der Waals surface area contributed by atoms with Crippen LogP contribution in [0.4, 0.5) is 0 Å². The van der Waals surface area contributed by atoms with Gasteiger partial charge in [-0.05, 0) is 17.9 Å². The highest BCUT2D eigenvalue weighted by Crippen LogP contribution is 2.22. The van der Waals surface area contributed by atoms with Crippen LogP contribution < -0.4 is 11.3 Å². The Kier molecular flexibility index (Phi) is 4.79. The van der Waals surface area contributed by atoms with E-state index in [1.165, 1.54) is 4.70 Å². The summed E-state index contributed by atoms with van der Waals surface area (Å²) >= 11 is 3.66. The predicted octanol–water partition coefficient (Wildman–Crippen LogP) is 2.42. The molecule has 0 aliphatic rings. The first-order valence-corrected chi connectivity index (χ1v) is 7.69. The van der Waals surface area contributed by atoms with Crippen LogP contribution in [-0.4, -0.2) is 22.5 Å². The zero-order chi connectivity index (χ0) is 12.1. The number of para-hydroxylation sites is 1. The van der Waals surface area contributed by atoms with Crippen LogP contribution in [0.1, 0.15) is 11.9 Å². The molecule has 0 saturated heterocycles. The second-order valence-corrected chi connectivity index (χ2v) is 6.24. The summed E-state index contributed by atoms with van der Waals surface area (Å²) < 4.78 is 1.25. The number of hydrogen-bond acceptors (Lipinski definition) is 5. The minimum absolute atomic E-state index is 0.306. The molecule has 5 heteroatoms. The summed E-state index contributed by atoms with van der Waals surface area (Å²) in [6.07, 6.45) is 0.906. The van der Waals surface area contributed by atoms with E-state index in [-0.39, 0.29) is 0 Å². The van der Waals surface area contributed by atoms with E-state index in [1.807, 2.05) is 17.8 Å². The van der Waals surface area contributed by atoms with Gasteiger partial charge in [0.15, 0.2) is 0 Å². The van der Waals surface area contributed by atoms with Crippen molar-refractivity contribution in [3.8, 4) is 0 Å². The predicted molar refractivity (Wildman–Crippen MR) is 77.4 cm³/mol. The van der Waals surface area contributed by atoms with E-state index in [2.05, 4.69) is 35.5 Å². The van der Waals surface area contributed by atoms with Crippen LogP contribution in [-0.2, 0) is 6.42 Å². The third-order valence-corrected chi connectivity index (χ3v) is 4.62. The lowest BCUT2D eigenvalue weighted by Crippen LogP contribution is -2.38. The Morgan fingerprint density at radius 3 is 3.00 bits per heavy atom. The second kappa shape index (κ2) is 6.35. The van der Waals surface area contributed by atoms with Gasteiger partial charge in [0, 0.05) is 18.2 Å². The average Bonchev–Trinajstić information content (AvgIpc) is 2.76. The average molecular weight is 267 g/mol. The molecular weight excluding hydrogens is 250 g/mol. The Morgan fingerprint density at radius 1 is 1.47 bits per heavy atom. The van der Waals surface area contributed by atoms with Crippen molar-refractivity contribution in [1.82, 2.24) is 10.4 Å². The van der Waals surface area contributed by atoms with Crippen LogP contribution in [0.5, 0.6) is 0 Å². The van der Waals surface area contributed by atoms with Crippen molar-refractivity contribution in [2.45, 2.75) is 19.4 Å². The van der Waals surface area contributed by atoms with Gasteiger partial charge in [0.05, 0.1) is 15.2 Å². The van der Waals surface area contributed by atoms with Gasteiger partial charge >= 0.3 is 0 Å². The molecule has 3 nitrogen and oxygen atoms in total. The molecule has 0 fully saturated rings. The molecule has 0 saturated carbocycles. The van der Waals surface area contributed by atoms with Crippen LogP contribution in [0.25, 0.3) is 10.2 Å². The maximum Gasteiger partial charge on any atom is 0.0954 e. The van der Waals surface area contributed by atoms with Gasteiger partial charge in [-0.15, -0.1) is 11.3 Å². The van der Waals surface area contributed by atoms with Crippen molar-refractivity contribution in [2.24, 2.45) is 5.84 Å². The van der Waals surface area contributed by atoms with Gasteiger partial charge < -0.3 is 0 Å². The van der Waals surface area contributed by atoms with Crippen molar-refractivity contribution in [2.75, 3.05) is 11.5 Å². The zero-order valence-corrected chi connectivity index (χ0v) is 11.5. The van der Waals surface area contributed by atoms with Crippen LogP contribution in [0.3, 0.4) is 0 Å². The smallest absolute Gasteiger partial charge is 0.0954 e. The highest BCUT2D eigenvalue weighted by Gasteiger charge is 2.11. The Balaban J connectivity index is 2.06. The topological polar surface area (TPSA) is 50.9 Å². The third kappa shape index (κ3) is 3.42. The number of hydrogen-bond donors (Lipinski definition) is 2. The standard InChI is InChI=1S/C12H17N3S2/c1-2-16-8-9(15-13)7-12-14-10-5-3-4-6-11(10)17-12/h3-6,9,15H,2,7-8,13H2,1H3. The molecule has 3 N–H and O–H groups in total. The molecule has 1 aromatic carbocycles. The SMILES string of the molecule is CCSCC(Cc1nc2ccccc2s1)NN. The van der Waals surface area contributed by atoms with E-state index < -0.39 is 0 Å². The quantitative estimate of drug-likeness (QED) is 0.623. The van der Waals surface area contributed by atoms with E-state index in [0.717, 1.165) is 28.5 Å². The Bertz CT molecular complexity index is 436. The Labute approximate surface area is 110 Å². The van der Waals surface area contributed by atoms with Crippen LogP contribution >= 0.6 is 23.1 Å². The number of hydrazine groups is 1. The summed E-state index contributed by atoms with van der Waals surface area (Å²) in [5.74, 6) is 7.72. The van der Waals surface area contributed by atoms with E-state index in [1.54, 1.807) is 11.3 Å². The molecule has 0 bridgehead atoms. The molecule has 2 rings (SSSR count). The summed E-state index contributed by atoms with van der Waals surface area (Å²) in [6, 6.07) is 8.55. The fourth-order valence-electron chi connectivity index (χ4n) is 1.64. The van der Waals surface area contributed by atoms with E-state index in [9.17, 15) is 0 Å². The first kappa shape index (κ1) is 12.8. The molecule has 0 radical (unpaired) electrons. The number of benzene rings is 1. The molecule has 1 atom stereocenters. The van der Waals surface area contributed by atoms with Crippen molar-refractivity contribution in [3.05, 3.63) is 29.3 Å². The molecule has 0 amide bonds. The minimum atomic E-state index is 0.306. The molecule has 92 valence electrons. The van der Waals surface area contributed by atoms with Crippen molar-refractivity contribution in [3.63, 3.8) is 0 Å². The summed E-state index contributed by atoms with van der Waals surface area (Å²) in [4.78, 5) is 4.62. The fraction of sp³-hybridized carbons (Fsp3) is 0.417. The number of nitrogens with two attached hydrogens (primary N) is 1. The van der Waals surface area contributed by atoms with Gasteiger partial charge in [-0.1, -0.05) is 19.1 Å². The number of nitrogens with zero attached hydrogens (tertiary/aromatic N) is 1. The number of fused-ring (bicyclic) bond motifs is 1. The van der Waals surface area contributed by atoms with Crippen LogP contribution in [0.2, 0.25) is 0 Å². The summed E-state index contributed by atoms with van der Waals surface area (Å²) in [7, 11) is 0. The molecule has 0 spiro atoms. The van der Waals surface area contributed by atoms with E-state index in [4.69, 9.17) is 5.84 Å². The second-order valence-electron chi connectivity index (χ2n) is 3.80. The van der Waals surface area contributed by atoms with Crippen LogP contribution in [0.15, 0.2) is 24.3 Å². The monoisotopic (exact) mass is 267 g/mol. The summed E-state index contributed by atoms with van der Waals surface area (Å²) in [6.45, 7) is 2.16. The normalized spacial score (nSPS) is 13.1. The van der Waals surface area contributed by atoms with Crippen molar-refractivity contribution < 1.29 is 0 Å². The highest BCUT2D eigenvalue weighted by molar-refractivity contribution is 7.99. The largest absolute Gasteiger partial charge is 0.271 e. The third-order valence-electron chi connectivity index (χ3n) is 2.52. The van der Waals surface area contributed by atoms with E-state index >= 15 is 0 Å². The number of aromatic nitrogens is 1. The lowest BCUT2D eigenvalue weighted by Gasteiger charge is -2.12. The lowest BCUT2D eigenvalue weighted by molar-refractivity contribution is 0.574. The van der Waals surface area contributed by atoms with Crippen molar-refractivity contribution >= 4 is 33.3 Å². The molecule has 1 heterocycles.